The smallest absolute Gasteiger partial charge is 0.183 e. The molecule has 22 heavy (non-hydrogen) atoms. The third kappa shape index (κ3) is 4.35. The molecule has 0 aliphatic heterocycles. The van der Waals surface area contributed by atoms with Gasteiger partial charge in [-0.3, -0.25) is 0 Å². The Morgan fingerprint density at radius 2 is 2.09 bits per heavy atom. The van der Waals surface area contributed by atoms with Crippen molar-refractivity contribution in [2.45, 2.75) is 13.3 Å². The van der Waals surface area contributed by atoms with Crippen molar-refractivity contribution in [1.82, 2.24) is 4.98 Å². The fourth-order valence-electron chi connectivity index (χ4n) is 2.00. The van der Waals surface area contributed by atoms with Crippen LogP contribution in [-0.4, -0.2) is 39.0 Å². The van der Waals surface area contributed by atoms with Crippen LogP contribution in [0.1, 0.15) is 13.3 Å². The summed E-state index contributed by atoms with van der Waals surface area (Å²) >= 11 is 1.59. The first kappa shape index (κ1) is 16.6. The molecule has 1 aromatic heterocycles. The predicted octanol–water partition coefficient (Wildman–Crippen LogP) is 3.67. The molecule has 0 atom stereocenters. The molecule has 0 unspecified atom stereocenters. The van der Waals surface area contributed by atoms with E-state index >= 15 is 0 Å². The number of nitrogens with one attached hydrogen (secondary N) is 1. The fourth-order valence-corrected chi connectivity index (χ4v) is 2.74. The number of ether oxygens (including phenoxy) is 3. The summed E-state index contributed by atoms with van der Waals surface area (Å²) in [5, 5.41) is 6.25. The van der Waals surface area contributed by atoms with E-state index in [1.54, 1.807) is 25.6 Å². The lowest BCUT2D eigenvalue weighted by molar-refractivity contribution is 0.147. The largest absolute Gasteiger partial charge is 0.497 e. The zero-order valence-corrected chi connectivity index (χ0v) is 14.0. The first-order valence-electron chi connectivity index (χ1n) is 7.28. The third-order valence-corrected chi connectivity index (χ3v) is 3.93. The summed E-state index contributed by atoms with van der Waals surface area (Å²) in [4.78, 5) is 4.61. The Hall–Kier alpha value is -1.79. The quantitative estimate of drug-likeness (QED) is 0.714. The van der Waals surface area contributed by atoms with Gasteiger partial charge >= 0.3 is 0 Å². The van der Waals surface area contributed by atoms with Crippen molar-refractivity contribution in [3.05, 3.63) is 23.6 Å². The van der Waals surface area contributed by atoms with Crippen molar-refractivity contribution >= 4 is 16.5 Å². The van der Waals surface area contributed by atoms with E-state index in [4.69, 9.17) is 14.2 Å². The molecule has 0 aliphatic carbocycles. The SMILES string of the molecule is CCOCCCNc1nc(-c2ccc(OC)cc2OC)cs1. The van der Waals surface area contributed by atoms with Gasteiger partial charge in [0.05, 0.1) is 19.9 Å². The first-order valence-corrected chi connectivity index (χ1v) is 8.16. The molecule has 0 amide bonds. The Bertz CT molecular complexity index is 587. The van der Waals surface area contributed by atoms with Crippen LogP contribution >= 0.6 is 11.3 Å². The van der Waals surface area contributed by atoms with Crippen LogP contribution in [0.4, 0.5) is 5.13 Å². The summed E-state index contributed by atoms with van der Waals surface area (Å²) in [5.41, 5.74) is 1.86. The Labute approximate surface area is 135 Å². The Morgan fingerprint density at radius 3 is 2.82 bits per heavy atom. The molecule has 6 heteroatoms. The molecule has 0 saturated carbocycles. The number of rotatable bonds is 9. The van der Waals surface area contributed by atoms with Crippen LogP contribution in [0.5, 0.6) is 11.5 Å². The molecule has 0 spiro atoms. The Morgan fingerprint density at radius 1 is 1.23 bits per heavy atom. The number of methoxy groups -OCH3 is 2. The van der Waals surface area contributed by atoms with E-state index in [2.05, 4.69) is 10.3 Å². The predicted molar refractivity (Wildman–Crippen MR) is 90.3 cm³/mol. The first-order chi connectivity index (χ1) is 10.8. The number of hydrogen-bond donors (Lipinski definition) is 1. The van der Waals surface area contributed by atoms with Gasteiger partial charge in [-0.05, 0) is 25.5 Å². The van der Waals surface area contributed by atoms with Crippen molar-refractivity contribution in [3.63, 3.8) is 0 Å². The molecule has 1 heterocycles. The van der Waals surface area contributed by atoms with Crippen LogP contribution in [-0.2, 0) is 4.74 Å². The van der Waals surface area contributed by atoms with Gasteiger partial charge < -0.3 is 19.5 Å². The second kappa shape index (κ2) is 8.60. The highest BCUT2D eigenvalue weighted by Crippen LogP contribution is 2.34. The van der Waals surface area contributed by atoms with Crippen LogP contribution in [0, 0.1) is 0 Å². The second-order valence-electron chi connectivity index (χ2n) is 4.58. The monoisotopic (exact) mass is 322 g/mol. The molecule has 2 aromatic rings. The molecule has 5 nitrogen and oxygen atoms in total. The van der Waals surface area contributed by atoms with Crippen LogP contribution in [0.15, 0.2) is 23.6 Å². The van der Waals surface area contributed by atoms with E-state index in [0.717, 1.165) is 54.1 Å². The third-order valence-electron chi connectivity index (χ3n) is 3.13. The molecule has 0 aliphatic rings. The number of thiazole rings is 1. The van der Waals surface area contributed by atoms with E-state index in [1.807, 2.05) is 30.5 Å². The number of anilines is 1. The Kier molecular flexibility index (Phi) is 6.48. The molecular formula is C16H22N2O3S. The van der Waals surface area contributed by atoms with Crippen LogP contribution < -0.4 is 14.8 Å². The molecule has 1 aromatic carbocycles. The molecular weight excluding hydrogens is 300 g/mol. The molecule has 0 bridgehead atoms. The summed E-state index contributed by atoms with van der Waals surface area (Å²) in [6.45, 7) is 4.39. The highest BCUT2D eigenvalue weighted by molar-refractivity contribution is 7.14. The number of nitrogens with zero attached hydrogens (tertiary/aromatic N) is 1. The van der Waals surface area contributed by atoms with Gasteiger partial charge in [0, 0.05) is 36.8 Å². The topological polar surface area (TPSA) is 52.6 Å². The zero-order valence-electron chi connectivity index (χ0n) is 13.2. The molecule has 120 valence electrons. The maximum Gasteiger partial charge on any atom is 0.183 e. The van der Waals surface area contributed by atoms with Crippen LogP contribution in [0.3, 0.4) is 0 Å². The van der Waals surface area contributed by atoms with Gasteiger partial charge in [-0.25, -0.2) is 4.98 Å². The van der Waals surface area contributed by atoms with Gasteiger partial charge in [0.15, 0.2) is 5.13 Å². The van der Waals surface area contributed by atoms with Crippen molar-refractivity contribution in [3.8, 4) is 22.8 Å². The van der Waals surface area contributed by atoms with Gasteiger partial charge in [0.1, 0.15) is 11.5 Å². The second-order valence-corrected chi connectivity index (χ2v) is 5.44. The average Bonchev–Trinajstić information content (AvgIpc) is 3.02. The van der Waals surface area contributed by atoms with E-state index in [9.17, 15) is 0 Å². The summed E-state index contributed by atoms with van der Waals surface area (Å²) in [7, 11) is 3.29. The van der Waals surface area contributed by atoms with Gasteiger partial charge in [0.25, 0.3) is 0 Å². The standard InChI is InChI=1S/C16H22N2O3S/c1-4-21-9-5-8-17-16-18-14(11-22-16)13-7-6-12(19-2)10-15(13)20-3/h6-7,10-11H,4-5,8-9H2,1-3H3,(H,17,18). The lowest BCUT2D eigenvalue weighted by Gasteiger charge is -2.08. The van der Waals surface area contributed by atoms with Crippen molar-refractivity contribution in [2.24, 2.45) is 0 Å². The average molecular weight is 322 g/mol. The summed E-state index contributed by atoms with van der Waals surface area (Å²) in [6, 6.07) is 5.74. The number of hydrogen-bond acceptors (Lipinski definition) is 6. The van der Waals surface area contributed by atoms with E-state index in [-0.39, 0.29) is 0 Å². The van der Waals surface area contributed by atoms with Gasteiger partial charge in [-0.2, -0.15) is 0 Å². The minimum atomic E-state index is 0.757. The molecule has 1 N–H and O–H groups in total. The van der Waals surface area contributed by atoms with E-state index in [0.29, 0.717) is 0 Å². The van der Waals surface area contributed by atoms with Crippen LogP contribution in [0.25, 0.3) is 11.3 Å². The lowest BCUT2D eigenvalue weighted by Crippen LogP contribution is -2.05. The van der Waals surface area contributed by atoms with Gasteiger partial charge in [0.2, 0.25) is 0 Å². The van der Waals surface area contributed by atoms with E-state index in [1.165, 1.54) is 0 Å². The lowest BCUT2D eigenvalue weighted by atomic mass is 10.1. The minimum Gasteiger partial charge on any atom is -0.497 e. The maximum absolute atomic E-state index is 5.42. The summed E-state index contributed by atoms with van der Waals surface area (Å²) in [6.07, 6.45) is 0.967. The van der Waals surface area contributed by atoms with Crippen molar-refractivity contribution < 1.29 is 14.2 Å². The van der Waals surface area contributed by atoms with Crippen molar-refractivity contribution in [2.75, 3.05) is 39.3 Å². The summed E-state index contributed by atoms with van der Waals surface area (Å²) in [5.74, 6) is 1.53. The molecule has 0 fully saturated rings. The van der Waals surface area contributed by atoms with Gasteiger partial charge in [-0.1, -0.05) is 0 Å². The van der Waals surface area contributed by atoms with E-state index < -0.39 is 0 Å². The highest BCUT2D eigenvalue weighted by atomic mass is 32.1. The number of benzene rings is 1. The minimum absolute atomic E-state index is 0.757. The van der Waals surface area contributed by atoms with Crippen LogP contribution in [0.2, 0.25) is 0 Å². The Balaban J connectivity index is 2.01. The summed E-state index contributed by atoms with van der Waals surface area (Å²) < 4.78 is 16.0. The molecule has 0 saturated heterocycles. The maximum atomic E-state index is 5.42. The normalized spacial score (nSPS) is 10.5. The fraction of sp³-hybridized carbons (Fsp3) is 0.438. The zero-order chi connectivity index (χ0) is 15.8. The molecule has 2 rings (SSSR count). The van der Waals surface area contributed by atoms with Crippen molar-refractivity contribution in [1.29, 1.82) is 0 Å². The number of aromatic nitrogens is 1. The molecule has 0 radical (unpaired) electrons. The van der Waals surface area contributed by atoms with Gasteiger partial charge in [-0.15, -0.1) is 11.3 Å². The highest BCUT2D eigenvalue weighted by Gasteiger charge is 2.11.